The first-order chi connectivity index (χ1) is 14.6. The molecule has 1 heterocycles. The lowest BCUT2D eigenvalue weighted by atomic mass is 9.94. The monoisotopic (exact) mass is 421 g/mol. The van der Waals surface area contributed by atoms with Gasteiger partial charge in [-0.1, -0.05) is 29.8 Å². The van der Waals surface area contributed by atoms with E-state index in [0.29, 0.717) is 10.8 Å². The molecular weight excluding hydrogens is 402 g/mol. The van der Waals surface area contributed by atoms with Gasteiger partial charge >= 0.3 is 0 Å². The number of hydrogen-bond donors (Lipinski definition) is 1. The molecule has 0 saturated heterocycles. The molecule has 2 aliphatic rings. The Morgan fingerprint density at radius 3 is 2.50 bits per heavy atom. The fourth-order valence-corrected chi connectivity index (χ4v) is 3.98. The maximum atomic E-state index is 13.2. The number of carbonyl (C=O) groups is 1. The highest BCUT2D eigenvalue weighted by Crippen LogP contribution is 2.51. The van der Waals surface area contributed by atoms with Gasteiger partial charge in [0.2, 0.25) is 12.7 Å². The lowest BCUT2D eigenvalue weighted by Gasteiger charge is -2.17. The van der Waals surface area contributed by atoms with Crippen molar-refractivity contribution in [1.29, 1.82) is 0 Å². The maximum absolute atomic E-state index is 13.2. The number of fused-ring (bicyclic) bond motifs is 1. The zero-order chi connectivity index (χ0) is 20.7. The third-order valence-electron chi connectivity index (χ3n) is 5.72. The summed E-state index contributed by atoms with van der Waals surface area (Å²) in [5.74, 6) is 2.12. The van der Waals surface area contributed by atoms with Crippen LogP contribution in [0.3, 0.4) is 0 Å². The molecule has 1 aliphatic heterocycles. The van der Waals surface area contributed by atoms with Crippen molar-refractivity contribution >= 4 is 23.2 Å². The molecule has 1 aliphatic carbocycles. The maximum Gasteiger partial charge on any atom is 0.235 e. The number of rotatable bonds is 5. The van der Waals surface area contributed by atoms with E-state index in [4.69, 9.17) is 25.8 Å². The van der Waals surface area contributed by atoms with Gasteiger partial charge in [-0.15, -0.1) is 0 Å². The number of hydrogen-bond acceptors (Lipinski definition) is 4. The number of anilines is 1. The first-order valence-corrected chi connectivity index (χ1v) is 10.1. The normalized spacial score (nSPS) is 15.5. The fraction of sp³-hybridized carbons (Fsp3) is 0.208. The molecule has 30 heavy (non-hydrogen) atoms. The van der Waals surface area contributed by atoms with Crippen LogP contribution in [0.4, 0.5) is 5.69 Å². The second-order valence-corrected chi connectivity index (χ2v) is 7.96. The van der Waals surface area contributed by atoms with Gasteiger partial charge in [-0.3, -0.25) is 4.79 Å². The smallest absolute Gasteiger partial charge is 0.235 e. The van der Waals surface area contributed by atoms with E-state index in [1.165, 1.54) is 0 Å². The SMILES string of the molecule is COc1ccc(NC(=O)C2(c3ccc4c(c3)OCO4)CC2)cc1-c1ccc(Cl)cc1. The van der Waals surface area contributed by atoms with E-state index in [2.05, 4.69) is 5.32 Å². The van der Waals surface area contributed by atoms with Crippen LogP contribution in [0.2, 0.25) is 5.02 Å². The van der Waals surface area contributed by atoms with Gasteiger partial charge in [0.15, 0.2) is 11.5 Å². The first-order valence-electron chi connectivity index (χ1n) is 9.75. The van der Waals surface area contributed by atoms with Crippen LogP contribution >= 0.6 is 11.6 Å². The summed E-state index contributed by atoms with van der Waals surface area (Å²) in [6.07, 6.45) is 1.61. The summed E-state index contributed by atoms with van der Waals surface area (Å²) >= 11 is 6.02. The lowest BCUT2D eigenvalue weighted by Crippen LogP contribution is -2.27. The van der Waals surface area contributed by atoms with Crippen molar-refractivity contribution < 1.29 is 19.0 Å². The van der Waals surface area contributed by atoms with Gasteiger partial charge in [-0.2, -0.15) is 0 Å². The van der Waals surface area contributed by atoms with E-state index in [-0.39, 0.29) is 12.7 Å². The first kappa shape index (κ1) is 18.8. The van der Waals surface area contributed by atoms with Crippen LogP contribution in [0.25, 0.3) is 11.1 Å². The standard InChI is InChI=1S/C24H20ClNO4/c1-28-20-9-7-18(13-19(20)15-2-5-17(25)6-3-15)26-23(27)24(10-11-24)16-4-8-21-22(12-16)30-14-29-21/h2-9,12-13H,10-11,14H2,1H3,(H,26,27). The second-order valence-electron chi connectivity index (χ2n) is 7.53. The Labute approximate surface area is 179 Å². The molecule has 0 spiro atoms. The van der Waals surface area contributed by atoms with Crippen molar-refractivity contribution in [1.82, 2.24) is 0 Å². The van der Waals surface area contributed by atoms with Crippen LogP contribution < -0.4 is 19.5 Å². The molecule has 5 nitrogen and oxygen atoms in total. The Balaban J connectivity index is 1.42. The van der Waals surface area contributed by atoms with Crippen LogP contribution in [0.5, 0.6) is 17.2 Å². The number of amides is 1. The minimum atomic E-state index is -0.526. The molecule has 0 bridgehead atoms. The molecule has 3 aromatic rings. The quantitative estimate of drug-likeness (QED) is 0.598. The molecule has 5 rings (SSSR count). The highest BCUT2D eigenvalue weighted by atomic mass is 35.5. The molecule has 152 valence electrons. The number of benzene rings is 3. The molecule has 0 unspecified atom stereocenters. The largest absolute Gasteiger partial charge is 0.496 e. The van der Waals surface area contributed by atoms with Crippen molar-refractivity contribution in [3.63, 3.8) is 0 Å². The molecule has 0 aromatic heterocycles. The number of nitrogens with one attached hydrogen (secondary N) is 1. The van der Waals surface area contributed by atoms with E-state index >= 15 is 0 Å². The molecule has 6 heteroatoms. The number of methoxy groups -OCH3 is 1. The van der Waals surface area contributed by atoms with E-state index in [1.807, 2.05) is 60.7 Å². The molecular formula is C24H20ClNO4. The molecule has 1 amide bonds. The van der Waals surface area contributed by atoms with E-state index in [9.17, 15) is 4.79 Å². The number of halogens is 1. The van der Waals surface area contributed by atoms with Crippen LogP contribution in [0.1, 0.15) is 18.4 Å². The van der Waals surface area contributed by atoms with Crippen molar-refractivity contribution in [2.45, 2.75) is 18.3 Å². The molecule has 0 radical (unpaired) electrons. The predicted molar refractivity (Wildman–Crippen MR) is 116 cm³/mol. The van der Waals surface area contributed by atoms with E-state index < -0.39 is 5.41 Å². The van der Waals surface area contributed by atoms with Gasteiger partial charge in [0, 0.05) is 16.3 Å². The third-order valence-corrected chi connectivity index (χ3v) is 5.97. The van der Waals surface area contributed by atoms with Crippen molar-refractivity contribution in [3.05, 3.63) is 71.2 Å². The second kappa shape index (κ2) is 7.26. The minimum absolute atomic E-state index is 0.0198. The van der Waals surface area contributed by atoms with Gasteiger partial charge in [-0.05, 0) is 66.4 Å². The Morgan fingerprint density at radius 2 is 1.77 bits per heavy atom. The Bertz CT molecular complexity index is 1120. The molecule has 1 fully saturated rings. The van der Waals surface area contributed by atoms with Gasteiger partial charge in [0.05, 0.1) is 12.5 Å². The summed E-state index contributed by atoms with van der Waals surface area (Å²) in [5, 5.41) is 3.76. The van der Waals surface area contributed by atoms with Crippen molar-refractivity contribution in [2.24, 2.45) is 0 Å². The van der Waals surface area contributed by atoms with Crippen LogP contribution in [0.15, 0.2) is 60.7 Å². The highest BCUT2D eigenvalue weighted by Gasteiger charge is 2.51. The molecule has 3 aromatic carbocycles. The van der Waals surface area contributed by atoms with E-state index in [1.54, 1.807) is 7.11 Å². The summed E-state index contributed by atoms with van der Waals surface area (Å²) in [7, 11) is 1.63. The van der Waals surface area contributed by atoms with E-state index in [0.717, 1.165) is 46.7 Å². The molecule has 1 N–H and O–H groups in total. The molecule has 1 saturated carbocycles. The zero-order valence-electron chi connectivity index (χ0n) is 16.4. The Kier molecular flexibility index (Phi) is 4.55. The summed E-state index contributed by atoms with van der Waals surface area (Å²) < 4.78 is 16.4. The van der Waals surface area contributed by atoms with Crippen molar-refractivity contribution in [2.75, 3.05) is 19.2 Å². The van der Waals surface area contributed by atoms with Gasteiger partial charge < -0.3 is 19.5 Å². The average Bonchev–Trinajstić information content (AvgIpc) is 3.45. The number of ether oxygens (including phenoxy) is 3. The zero-order valence-corrected chi connectivity index (χ0v) is 17.2. The van der Waals surface area contributed by atoms with Crippen molar-refractivity contribution in [3.8, 4) is 28.4 Å². The highest BCUT2D eigenvalue weighted by molar-refractivity contribution is 6.30. The lowest BCUT2D eigenvalue weighted by molar-refractivity contribution is -0.118. The van der Waals surface area contributed by atoms with Gasteiger partial charge in [-0.25, -0.2) is 0 Å². The predicted octanol–water partition coefficient (Wildman–Crippen LogP) is 5.41. The average molecular weight is 422 g/mol. The minimum Gasteiger partial charge on any atom is -0.496 e. The van der Waals surface area contributed by atoms with Crippen LogP contribution in [-0.4, -0.2) is 19.8 Å². The van der Waals surface area contributed by atoms with Gasteiger partial charge in [0.25, 0.3) is 0 Å². The third kappa shape index (κ3) is 3.25. The summed E-state index contributed by atoms with van der Waals surface area (Å²) in [6, 6.07) is 18.9. The van der Waals surface area contributed by atoms with Crippen LogP contribution in [-0.2, 0) is 10.2 Å². The number of carbonyl (C=O) groups excluding carboxylic acids is 1. The Morgan fingerprint density at radius 1 is 1.00 bits per heavy atom. The molecule has 0 atom stereocenters. The topological polar surface area (TPSA) is 56.8 Å². The Hall–Kier alpha value is -3.18. The van der Waals surface area contributed by atoms with Crippen LogP contribution in [0, 0.1) is 0 Å². The fourth-order valence-electron chi connectivity index (χ4n) is 3.86. The summed E-state index contributed by atoms with van der Waals surface area (Å²) in [6.45, 7) is 0.220. The van der Waals surface area contributed by atoms with Gasteiger partial charge in [0.1, 0.15) is 5.75 Å². The summed E-state index contributed by atoms with van der Waals surface area (Å²) in [5.41, 5.74) is 3.00. The summed E-state index contributed by atoms with van der Waals surface area (Å²) in [4.78, 5) is 13.2.